The smallest absolute Gasteiger partial charge is 0.223 e. The molecule has 140 valence electrons. The zero-order chi connectivity index (χ0) is 18.5. The van der Waals surface area contributed by atoms with Gasteiger partial charge in [0.1, 0.15) is 5.76 Å². The lowest BCUT2D eigenvalue weighted by Gasteiger charge is -2.30. The number of nitrogens with one attached hydrogen (secondary N) is 1. The van der Waals surface area contributed by atoms with E-state index in [2.05, 4.69) is 25.7 Å². The van der Waals surface area contributed by atoms with Gasteiger partial charge in [-0.1, -0.05) is 18.2 Å². The average Bonchev–Trinajstić information content (AvgIpc) is 3.39. The van der Waals surface area contributed by atoms with E-state index >= 15 is 0 Å². The number of aromatic nitrogens is 4. The van der Waals surface area contributed by atoms with Crippen molar-refractivity contribution in [1.82, 2.24) is 30.4 Å². The third-order valence-electron chi connectivity index (χ3n) is 4.87. The Labute approximate surface area is 157 Å². The Bertz CT molecular complexity index is 853. The van der Waals surface area contributed by atoms with Crippen LogP contribution >= 0.6 is 0 Å². The minimum Gasteiger partial charge on any atom is -0.468 e. The molecule has 3 heterocycles. The Morgan fingerprint density at radius 2 is 1.96 bits per heavy atom. The molecular weight excluding hydrogens is 344 g/mol. The van der Waals surface area contributed by atoms with E-state index in [4.69, 9.17) is 4.42 Å². The van der Waals surface area contributed by atoms with Gasteiger partial charge in [-0.05, 0) is 60.6 Å². The van der Waals surface area contributed by atoms with E-state index in [1.807, 2.05) is 42.5 Å². The van der Waals surface area contributed by atoms with Crippen molar-refractivity contribution in [2.75, 3.05) is 13.1 Å². The highest BCUT2D eigenvalue weighted by Crippen LogP contribution is 2.19. The molecule has 1 N–H and O–H groups in total. The molecule has 2 aromatic heterocycles. The van der Waals surface area contributed by atoms with E-state index in [9.17, 15) is 4.79 Å². The van der Waals surface area contributed by atoms with Crippen LogP contribution in [-0.4, -0.2) is 44.1 Å². The average molecular weight is 366 g/mol. The summed E-state index contributed by atoms with van der Waals surface area (Å²) in [4.78, 5) is 14.9. The first-order valence-corrected chi connectivity index (χ1v) is 9.15. The van der Waals surface area contributed by atoms with Crippen LogP contribution in [0, 0.1) is 5.92 Å². The number of carbonyl (C=O) groups is 1. The molecule has 0 unspecified atom stereocenters. The van der Waals surface area contributed by atoms with Gasteiger partial charge < -0.3 is 9.73 Å². The zero-order valence-corrected chi connectivity index (χ0v) is 15.0. The number of carbonyl (C=O) groups excluding carboxylic acids is 1. The van der Waals surface area contributed by atoms with E-state index in [0.29, 0.717) is 12.4 Å². The van der Waals surface area contributed by atoms with Gasteiger partial charge in [0, 0.05) is 5.92 Å². The molecule has 1 saturated heterocycles. The summed E-state index contributed by atoms with van der Waals surface area (Å²) in [6.07, 6.45) is 3.38. The van der Waals surface area contributed by atoms with Crippen molar-refractivity contribution in [3.05, 3.63) is 60.3 Å². The van der Waals surface area contributed by atoms with Crippen LogP contribution in [0.5, 0.6) is 0 Å². The number of rotatable bonds is 6. The normalized spacial score (nSPS) is 15.7. The third kappa shape index (κ3) is 4.22. The number of amides is 1. The maximum absolute atomic E-state index is 12.5. The summed E-state index contributed by atoms with van der Waals surface area (Å²) < 4.78 is 7.04. The minimum absolute atomic E-state index is 0.0268. The van der Waals surface area contributed by atoms with Crippen LogP contribution in [0.25, 0.3) is 5.69 Å². The summed E-state index contributed by atoms with van der Waals surface area (Å²) >= 11 is 0. The van der Waals surface area contributed by atoms with Gasteiger partial charge in [0.05, 0.1) is 25.0 Å². The summed E-state index contributed by atoms with van der Waals surface area (Å²) in [6, 6.07) is 13.5. The van der Waals surface area contributed by atoms with Crippen molar-refractivity contribution in [1.29, 1.82) is 0 Å². The molecular formula is C19H22N6O2. The van der Waals surface area contributed by atoms with Crippen LogP contribution in [0.15, 0.2) is 53.1 Å². The van der Waals surface area contributed by atoms with Crippen LogP contribution in [0.2, 0.25) is 0 Å². The SMILES string of the molecule is O=C(NCc1nnnn1-c1ccccc1)C1CCN(Cc2ccco2)CC1. The largest absolute Gasteiger partial charge is 0.468 e. The second-order valence-corrected chi connectivity index (χ2v) is 6.69. The van der Waals surface area contributed by atoms with Crippen molar-refractivity contribution >= 4 is 5.91 Å². The van der Waals surface area contributed by atoms with Gasteiger partial charge in [-0.2, -0.15) is 4.68 Å². The topological polar surface area (TPSA) is 89.1 Å². The highest BCUT2D eigenvalue weighted by molar-refractivity contribution is 5.78. The summed E-state index contributed by atoms with van der Waals surface area (Å²) in [5.41, 5.74) is 0.873. The highest BCUT2D eigenvalue weighted by Gasteiger charge is 2.25. The maximum Gasteiger partial charge on any atom is 0.223 e. The Kier molecular flexibility index (Phi) is 5.24. The molecule has 3 aromatic rings. The number of benzene rings is 1. The number of hydrogen-bond acceptors (Lipinski definition) is 6. The van der Waals surface area contributed by atoms with Crippen molar-refractivity contribution in [2.45, 2.75) is 25.9 Å². The van der Waals surface area contributed by atoms with Crippen LogP contribution in [-0.2, 0) is 17.9 Å². The van der Waals surface area contributed by atoms with Gasteiger partial charge in [-0.15, -0.1) is 5.10 Å². The second-order valence-electron chi connectivity index (χ2n) is 6.69. The summed E-state index contributed by atoms with van der Waals surface area (Å²) in [7, 11) is 0. The Morgan fingerprint density at radius 1 is 1.15 bits per heavy atom. The lowest BCUT2D eigenvalue weighted by atomic mass is 9.96. The predicted octanol–water partition coefficient (Wildman–Crippen LogP) is 1.78. The number of nitrogens with zero attached hydrogens (tertiary/aromatic N) is 5. The maximum atomic E-state index is 12.5. The standard InChI is InChI=1S/C19H22N6O2/c26-19(15-8-10-24(11-9-15)14-17-7-4-12-27-17)20-13-18-21-22-23-25(18)16-5-2-1-3-6-16/h1-7,12,15H,8-11,13-14H2,(H,20,26). The molecule has 0 spiro atoms. The van der Waals surface area contributed by atoms with Crippen molar-refractivity contribution < 1.29 is 9.21 Å². The number of tetrazole rings is 1. The molecule has 8 heteroatoms. The van der Waals surface area contributed by atoms with Crippen LogP contribution in [0.3, 0.4) is 0 Å². The number of likely N-dealkylation sites (tertiary alicyclic amines) is 1. The molecule has 0 aliphatic carbocycles. The van der Waals surface area contributed by atoms with Gasteiger partial charge in [0.25, 0.3) is 0 Å². The molecule has 1 amide bonds. The quantitative estimate of drug-likeness (QED) is 0.715. The summed E-state index contributed by atoms with van der Waals surface area (Å²) in [5.74, 6) is 1.67. The molecule has 27 heavy (non-hydrogen) atoms. The molecule has 8 nitrogen and oxygen atoms in total. The van der Waals surface area contributed by atoms with Crippen LogP contribution in [0.1, 0.15) is 24.4 Å². The van der Waals surface area contributed by atoms with Gasteiger partial charge in [0.15, 0.2) is 5.82 Å². The van der Waals surface area contributed by atoms with Gasteiger partial charge in [-0.3, -0.25) is 9.69 Å². The fourth-order valence-electron chi connectivity index (χ4n) is 3.37. The van der Waals surface area contributed by atoms with E-state index in [-0.39, 0.29) is 11.8 Å². The molecule has 0 atom stereocenters. The zero-order valence-electron chi connectivity index (χ0n) is 15.0. The third-order valence-corrected chi connectivity index (χ3v) is 4.87. The molecule has 1 aliphatic rings. The highest BCUT2D eigenvalue weighted by atomic mass is 16.3. The van der Waals surface area contributed by atoms with Crippen LogP contribution < -0.4 is 5.32 Å². The van der Waals surface area contributed by atoms with E-state index in [1.165, 1.54) is 0 Å². The number of para-hydroxylation sites is 1. The molecule has 0 bridgehead atoms. The van der Waals surface area contributed by atoms with Gasteiger partial charge in [0.2, 0.25) is 5.91 Å². The van der Waals surface area contributed by atoms with E-state index in [1.54, 1.807) is 10.9 Å². The van der Waals surface area contributed by atoms with Gasteiger partial charge >= 0.3 is 0 Å². The first-order chi connectivity index (χ1) is 13.3. The first kappa shape index (κ1) is 17.4. The second kappa shape index (κ2) is 8.13. The molecule has 1 aliphatic heterocycles. The molecule has 0 saturated carbocycles. The van der Waals surface area contributed by atoms with E-state index < -0.39 is 0 Å². The lowest BCUT2D eigenvalue weighted by Crippen LogP contribution is -2.40. The van der Waals surface area contributed by atoms with Crippen molar-refractivity contribution in [2.24, 2.45) is 5.92 Å². The summed E-state index contributed by atoms with van der Waals surface area (Å²) in [5, 5.41) is 14.8. The van der Waals surface area contributed by atoms with Crippen molar-refractivity contribution in [3.8, 4) is 5.69 Å². The lowest BCUT2D eigenvalue weighted by molar-refractivity contribution is -0.126. The molecule has 1 aromatic carbocycles. The fraction of sp³-hybridized carbons (Fsp3) is 0.368. The summed E-state index contributed by atoms with van der Waals surface area (Å²) in [6.45, 7) is 2.89. The number of piperidine rings is 1. The monoisotopic (exact) mass is 366 g/mol. The predicted molar refractivity (Wildman–Crippen MR) is 97.7 cm³/mol. The van der Waals surface area contributed by atoms with Gasteiger partial charge in [-0.25, -0.2) is 0 Å². The fourth-order valence-corrected chi connectivity index (χ4v) is 3.37. The first-order valence-electron chi connectivity index (χ1n) is 9.15. The Morgan fingerprint density at radius 3 is 2.70 bits per heavy atom. The van der Waals surface area contributed by atoms with Crippen molar-refractivity contribution in [3.63, 3.8) is 0 Å². The molecule has 4 rings (SSSR count). The van der Waals surface area contributed by atoms with Crippen LogP contribution in [0.4, 0.5) is 0 Å². The minimum atomic E-state index is 0.0268. The Hall–Kier alpha value is -3.00. The van der Waals surface area contributed by atoms with E-state index in [0.717, 1.165) is 43.9 Å². The number of furan rings is 1. The number of hydrogen-bond donors (Lipinski definition) is 1. The Balaban J connectivity index is 1.28. The molecule has 0 radical (unpaired) electrons. The molecule has 1 fully saturated rings.